The van der Waals surface area contributed by atoms with Gasteiger partial charge < -0.3 is 10.1 Å². The van der Waals surface area contributed by atoms with Gasteiger partial charge in [0.15, 0.2) is 6.73 Å². The quantitative estimate of drug-likeness (QED) is 0.730. The maximum atomic E-state index is 5.59. The van der Waals surface area contributed by atoms with Crippen molar-refractivity contribution in [1.29, 1.82) is 0 Å². The molecule has 2 heteroatoms. The fourth-order valence-corrected chi connectivity index (χ4v) is 2.27. The molecule has 0 amide bonds. The van der Waals surface area contributed by atoms with Gasteiger partial charge in [-0.1, -0.05) is 41.5 Å². The molecule has 0 atom stereocenters. The smallest absolute Gasteiger partial charge is 0.159 e. The van der Waals surface area contributed by atoms with Gasteiger partial charge in [0.2, 0.25) is 0 Å². The summed E-state index contributed by atoms with van der Waals surface area (Å²) in [5.41, 5.74) is 4.21. The number of fused-ring (bicyclic) bond motifs is 1. The van der Waals surface area contributed by atoms with Crippen molar-refractivity contribution >= 4 is 5.69 Å². The number of benzene rings is 1. The third-order valence-corrected chi connectivity index (χ3v) is 3.23. The molecular weight excluding hydrogens is 210 g/mol. The molecule has 17 heavy (non-hydrogen) atoms. The lowest BCUT2D eigenvalue weighted by molar-refractivity contribution is 0.371. The van der Waals surface area contributed by atoms with E-state index in [9.17, 15) is 0 Å². The maximum Gasteiger partial charge on any atom is 0.159 e. The third kappa shape index (κ3) is 2.26. The molecule has 94 valence electrons. The fraction of sp³-hybridized carbons (Fsp3) is 0.600. The highest BCUT2D eigenvalue weighted by Crippen LogP contribution is 2.41. The molecule has 0 spiro atoms. The maximum absolute atomic E-state index is 5.59. The van der Waals surface area contributed by atoms with E-state index in [4.69, 9.17) is 4.74 Å². The van der Waals surface area contributed by atoms with Crippen LogP contribution in [0.4, 0.5) is 5.69 Å². The molecule has 2 rings (SSSR count). The first kappa shape index (κ1) is 12.3. The molecule has 1 aromatic rings. The first-order chi connectivity index (χ1) is 7.69. The van der Waals surface area contributed by atoms with Crippen LogP contribution in [0.2, 0.25) is 0 Å². The molecule has 1 aliphatic heterocycles. The lowest BCUT2D eigenvalue weighted by Crippen LogP contribution is -2.21. The van der Waals surface area contributed by atoms with Gasteiger partial charge in [-0.05, 0) is 34.1 Å². The summed E-state index contributed by atoms with van der Waals surface area (Å²) in [5, 5.41) is 3.27. The van der Waals surface area contributed by atoms with Crippen LogP contribution >= 0.6 is 0 Å². The molecule has 0 radical (unpaired) electrons. The Morgan fingerprint density at radius 3 is 2.00 bits per heavy atom. The zero-order valence-corrected chi connectivity index (χ0v) is 11.8. The van der Waals surface area contributed by atoms with Crippen molar-refractivity contribution in [2.75, 3.05) is 12.0 Å². The minimum Gasteiger partial charge on any atom is -0.471 e. The summed E-state index contributed by atoms with van der Waals surface area (Å²) < 4.78 is 5.59. The SMILES string of the molecule is CC(C)(C)c1cc2c(cc1C(C)(C)C)OCN2. The second kappa shape index (κ2) is 3.66. The zero-order chi connectivity index (χ0) is 12.8. The van der Waals surface area contributed by atoms with Crippen molar-refractivity contribution in [2.24, 2.45) is 0 Å². The highest BCUT2D eigenvalue weighted by atomic mass is 16.5. The van der Waals surface area contributed by atoms with Crippen LogP contribution in [-0.4, -0.2) is 6.73 Å². The molecule has 0 fully saturated rings. The molecule has 2 nitrogen and oxygen atoms in total. The molecule has 0 saturated carbocycles. The molecule has 0 saturated heterocycles. The van der Waals surface area contributed by atoms with Gasteiger partial charge in [-0.2, -0.15) is 0 Å². The summed E-state index contributed by atoms with van der Waals surface area (Å²) >= 11 is 0. The normalized spacial score (nSPS) is 15.2. The van der Waals surface area contributed by atoms with E-state index in [1.54, 1.807) is 0 Å². The molecule has 1 aliphatic rings. The predicted octanol–water partition coefficient (Wildman–Crippen LogP) is 4.04. The Morgan fingerprint density at radius 1 is 0.941 bits per heavy atom. The number of nitrogens with one attached hydrogen (secondary N) is 1. The van der Waals surface area contributed by atoms with E-state index < -0.39 is 0 Å². The van der Waals surface area contributed by atoms with Gasteiger partial charge in [0.05, 0.1) is 5.69 Å². The average molecular weight is 233 g/mol. The van der Waals surface area contributed by atoms with Gasteiger partial charge in [0.1, 0.15) is 5.75 Å². The number of ether oxygens (including phenoxy) is 1. The largest absolute Gasteiger partial charge is 0.471 e. The van der Waals surface area contributed by atoms with Crippen molar-refractivity contribution in [3.05, 3.63) is 23.3 Å². The van der Waals surface area contributed by atoms with Crippen LogP contribution in [0.1, 0.15) is 52.7 Å². The topological polar surface area (TPSA) is 21.3 Å². The summed E-state index contributed by atoms with van der Waals surface area (Å²) in [5.74, 6) is 0.989. The Hall–Kier alpha value is -1.18. The predicted molar refractivity (Wildman–Crippen MR) is 73.0 cm³/mol. The summed E-state index contributed by atoms with van der Waals surface area (Å²) in [7, 11) is 0. The Kier molecular flexibility index (Phi) is 2.64. The monoisotopic (exact) mass is 233 g/mol. The van der Waals surface area contributed by atoms with Gasteiger partial charge in [0, 0.05) is 0 Å². The number of rotatable bonds is 0. The van der Waals surface area contributed by atoms with E-state index in [0.29, 0.717) is 6.73 Å². The van der Waals surface area contributed by atoms with Crippen LogP contribution in [0.15, 0.2) is 12.1 Å². The lowest BCUT2D eigenvalue weighted by Gasteiger charge is -2.30. The number of hydrogen-bond acceptors (Lipinski definition) is 2. The summed E-state index contributed by atoms with van der Waals surface area (Å²) in [6.45, 7) is 14.1. The molecule has 1 N–H and O–H groups in total. The molecule has 0 bridgehead atoms. The standard InChI is InChI=1S/C15H23NO/c1-14(2,3)10-7-12-13(17-9-16-12)8-11(10)15(4,5)6/h7-8,16H,9H2,1-6H3. The van der Waals surface area contributed by atoms with Gasteiger partial charge in [-0.15, -0.1) is 0 Å². The Labute approximate surface area is 104 Å². The van der Waals surface area contributed by atoms with Crippen molar-refractivity contribution in [3.63, 3.8) is 0 Å². The first-order valence-corrected chi connectivity index (χ1v) is 6.25. The Balaban J connectivity index is 2.64. The number of anilines is 1. The van der Waals surface area contributed by atoms with Crippen molar-refractivity contribution < 1.29 is 4.74 Å². The highest BCUT2D eigenvalue weighted by molar-refractivity contribution is 5.64. The van der Waals surface area contributed by atoms with Crippen LogP contribution in [0.5, 0.6) is 5.75 Å². The van der Waals surface area contributed by atoms with Crippen LogP contribution < -0.4 is 10.1 Å². The van der Waals surface area contributed by atoms with E-state index in [2.05, 4.69) is 59.0 Å². The molecular formula is C15H23NO. The second-order valence-corrected chi connectivity index (χ2v) is 6.86. The zero-order valence-electron chi connectivity index (χ0n) is 11.8. The lowest BCUT2D eigenvalue weighted by atomic mass is 9.75. The number of hydrogen-bond donors (Lipinski definition) is 1. The average Bonchev–Trinajstić information content (AvgIpc) is 2.59. The third-order valence-electron chi connectivity index (χ3n) is 3.23. The van der Waals surface area contributed by atoms with E-state index in [1.165, 1.54) is 11.1 Å². The summed E-state index contributed by atoms with van der Waals surface area (Å²) in [4.78, 5) is 0. The molecule has 0 aliphatic carbocycles. The van der Waals surface area contributed by atoms with Crippen molar-refractivity contribution in [3.8, 4) is 5.75 Å². The van der Waals surface area contributed by atoms with Crippen LogP contribution in [0.3, 0.4) is 0 Å². The first-order valence-electron chi connectivity index (χ1n) is 6.25. The minimum atomic E-state index is 0.142. The second-order valence-electron chi connectivity index (χ2n) is 6.86. The molecule has 1 heterocycles. The minimum absolute atomic E-state index is 0.142. The highest BCUT2D eigenvalue weighted by Gasteiger charge is 2.28. The van der Waals surface area contributed by atoms with Gasteiger partial charge in [0.25, 0.3) is 0 Å². The molecule has 1 aromatic carbocycles. The van der Waals surface area contributed by atoms with Crippen molar-refractivity contribution in [2.45, 2.75) is 52.4 Å². The van der Waals surface area contributed by atoms with Crippen LogP contribution in [-0.2, 0) is 10.8 Å². The van der Waals surface area contributed by atoms with Crippen LogP contribution in [0.25, 0.3) is 0 Å². The Morgan fingerprint density at radius 2 is 1.47 bits per heavy atom. The van der Waals surface area contributed by atoms with E-state index in [0.717, 1.165) is 11.4 Å². The van der Waals surface area contributed by atoms with Crippen molar-refractivity contribution in [1.82, 2.24) is 0 Å². The summed E-state index contributed by atoms with van der Waals surface area (Å²) in [6.07, 6.45) is 0. The van der Waals surface area contributed by atoms with E-state index >= 15 is 0 Å². The van der Waals surface area contributed by atoms with E-state index in [-0.39, 0.29) is 10.8 Å². The molecule has 0 aromatic heterocycles. The Bertz CT molecular complexity index is 394. The van der Waals surface area contributed by atoms with Crippen LogP contribution in [0, 0.1) is 0 Å². The van der Waals surface area contributed by atoms with Gasteiger partial charge >= 0.3 is 0 Å². The van der Waals surface area contributed by atoms with Gasteiger partial charge in [-0.3, -0.25) is 0 Å². The van der Waals surface area contributed by atoms with Gasteiger partial charge in [-0.25, -0.2) is 0 Å². The van der Waals surface area contributed by atoms with E-state index in [1.807, 2.05) is 0 Å². The summed E-state index contributed by atoms with van der Waals surface area (Å²) in [6, 6.07) is 4.46. The molecule has 0 unspecified atom stereocenters. The fourth-order valence-electron chi connectivity index (χ4n) is 2.27.